The van der Waals surface area contributed by atoms with Crippen molar-refractivity contribution in [1.29, 1.82) is 0 Å². The molecule has 0 radical (unpaired) electrons. The van der Waals surface area contributed by atoms with Crippen LogP contribution in [0.5, 0.6) is 5.75 Å². The van der Waals surface area contributed by atoms with Gasteiger partial charge in [-0.2, -0.15) is 0 Å². The van der Waals surface area contributed by atoms with Gasteiger partial charge < -0.3 is 14.7 Å². The maximum atomic E-state index is 10.9. The Balaban J connectivity index is 2.09. The van der Waals surface area contributed by atoms with E-state index in [1.807, 2.05) is 43.3 Å². The lowest BCUT2D eigenvalue weighted by Gasteiger charge is -2.14. The number of ether oxygens (including phenoxy) is 1. The van der Waals surface area contributed by atoms with Gasteiger partial charge in [0.2, 0.25) is 0 Å². The van der Waals surface area contributed by atoms with Crippen LogP contribution in [0.15, 0.2) is 46.9 Å². The third kappa shape index (κ3) is 3.98. The smallest absolute Gasteiger partial charge is 0.335 e. The first-order valence-electron chi connectivity index (χ1n) is 6.39. The predicted octanol–water partition coefficient (Wildman–Crippen LogP) is 3.79. The molecule has 0 spiro atoms. The Morgan fingerprint density at radius 2 is 2.00 bits per heavy atom. The molecule has 2 aromatic carbocycles. The SMILES string of the molecule is CN(C)c1cccc(OCc2ccc(C(=O)O)cc2Br)c1. The van der Waals surface area contributed by atoms with Crippen molar-refractivity contribution in [3.63, 3.8) is 0 Å². The van der Waals surface area contributed by atoms with E-state index in [0.29, 0.717) is 6.61 Å². The van der Waals surface area contributed by atoms with Crippen LogP contribution in [-0.4, -0.2) is 25.2 Å². The Morgan fingerprint density at radius 1 is 1.24 bits per heavy atom. The molecule has 0 aromatic heterocycles. The second kappa shape index (κ2) is 6.63. The van der Waals surface area contributed by atoms with Gasteiger partial charge in [-0.3, -0.25) is 0 Å². The highest BCUT2D eigenvalue weighted by Gasteiger charge is 2.07. The van der Waals surface area contributed by atoms with Crippen molar-refractivity contribution in [3.05, 3.63) is 58.1 Å². The van der Waals surface area contributed by atoms with Crippen molar-refractivity contribution in [1.82, 2.24) is 0 Å². The van der Waals surface area contributed by atoms with Crippen LogP contribution >= 0.6 is 15.9 Å². The zero-order valence-electron chi connectivity index (χ0n) is 11.8. The number of benzene rings is 2. The molecule has 4 nitrogen and oxygen atoms in total. The van der Waals surface area contributed by atoms with Gasteiger partial charge >= 0.3 is 5.97 Å². The second-order valence-electron chi connectivity index (χ2n) is 4.79. The zero-order valence-corrected chi connectivity index (χ0v) is 13.4. The lowest BCUT2D eigenvalue weighted by Crippen LogP contribution is -2.08. The third-order valence-corrected chi connectivity index (χ3v) is 3.77. The molecular weight excluding hydrogens is 334 g/mol. The monoisotopic (exact) mass is 349 g/mol. The number of carboxylic acids is 1. The van der Waals surface area contributed by atoms with Crippen LogP contribution in [0.1, 0.15) is 15.9 Å². The summed E-state index contributed by atoms with van der Waals surface area (Å²) in [4.78, 5) is 12.9. The zero-order chi connectivity index (χ0) is 15.4. The van der Waals surface area contributed by atoms with E-state index < -0.39 is 5.97 Å². The minimum atomic E-state index is -0.943. The molecule has 0 unspecified atom stereocenters. The molecule has 0 atom stereocenters. The molecular formula is C16H16BrNO3. The fourth-order valence-electron chi connectivity index (χ4n) is 1.81. The summed E-state index contributed by atoms with van der Waals surface area (Å²) in [5.74, 6) is -0.169. The molecule has 21 heavy (non-hydrogen) atoms. The average Bonchev–Trinajstić information content (AvgIpc) is 2.46. The first kappa shape index (κ1) is 15.4. The molecule has 0 saturated heterocycles. The molecule has 5 heteroatoms. The largest absolute Gasteiger partial charge is 0.489 e. The van der Waals surface area contributed by atoms with Gasteiger partial charge in [0, 0.05) is 35.9 Å². The van der Waals surface area contributed by atoms with Gasteiger partial charge in [0.25, 0.3) is 0 Å². The maximum absolute atomic E-state index is 10.9. The summed E-state index contributed by atoms with van der Waals surface area (Å²) in [7, 11) is 3.95. The van der Waals surface area contributed by atoms with Gasteiger partial charge in [0.15, 0.2) is 0 Å². The van der Waals surface area contributed by atoms with Crippen molar-refractivity contribution in [2.45, 2.75) is 6.61 Å². The van der Waals surface area contributed by atoms with E-state index in [0.717, 1.165) is 21.5 Å². The number of carbonyl (C=O) groups is 1. The van der Waals surface area contributed by atoms with E-state index >= 15 is 0 Å². The molecule has 0 fully saturated rings. The molecule has 0 aliphatic rings. The van der Waals surface area contributed by atoms with Crippen LogP contribution in [0.3, 0.4) is 0 Å². The Hall–Kier alpha value is -2.01. The van der Waals surface area contributed by atoms with Gasteiger partial charge in [-0.1, -0.05) is 28.1 Å². The van der Waals surface area contributed by atoms with E-state index in [2.05, 4.69) is 15.9 Å². The van der Waals surface area contributed by atoms with Gasteiger partial charge in [-0.15, -0.1) is 0 Å². The second-order valence-corrected chi connectivity index (χ2v) is 5.65. The van der Waals surface area contributed by atoms with E-state index in [-0.39, 0.29) is 5.56 Å². The number of hydrogen-bond acceptors (Lipinski definition) is 3. The lowest BCUT2D eigenvalue weighted by molar-refractivity contribution is 0.0696. The summed E-state index contributed by atoms with van der Waals surface area (Å²) >= 11 is 3.38. The molecule has 0 aliphatic carbocycles. The number of nitrogens with zero attached hydrogens (tertiary/aromatic N) is 1. The maximum Gasteiger partial charge on any atom is 0.335 e. The van der Waals surface area contributed by atoms with Crippen molar-refractivity contribution in [2.75, 3.05) is 19.0 Å². The van der Waals surface area contributed by atoms with E-state index in [1.54, 1.807) is 18.2 Å². The standard InChI is InChI=1S/C16H16BrNO3/c1-18(2)13-4-3-5-14(9-13)21-10-12-7-6-11(16(19)20)8-15(12)17/h3-9H,10H2,1-2H3,(H,19,20). The van der Waals surface area contributed by atoms with E-state index in [1.165, 1.54) is 0 Å². The number of carboxylic acid groups (broad SMARTS) is 1. The summed E-state index contributed by atoms with van der Waals surface area (Å²) in [6, 6.07) is 12.7. The fourth-order valence-corrected chi connectivity index (χ4v) is 2.30. The molecule has 2 aromatic rings. The van der Waals surface area contributed by atoms with Crippen LogP contribution in [0.2, 0.25) is 0 Å². The highest BCUT2D eigenvalue weighted by Crippen LogP contribution is 2.23. The summed E-state index contributed by atoms with van der Waals surface area (Å²) in [5.41, 5.74) is 2.21. The van der Waals surface area contributed by atoms with Crippen LogP contribution in [0.25, 0.3) is 0 Å². The van der Waals surface area contributed by atoms with Crippen LogP contribution < -0.4 is 9.64 Å². The number of aromatic carboxylic acids is 1. The van der Waals surface area contributed by atoms with E-state index in [4.69, 9.17) is 9.84 Å². The van der Waals surface area contributed by atoms with E-state index in [9.17, 15) is 4.79 Å². The topological polar surface area (TPSA) is 49.8 Å². The Bertz CT molecular complexity index is 656. The van der Waals surface area contributed by atoms with Gasteiger partial charge in [-0.05, 0) is 24.3 Å². The highest BCUT2D eigenvalue weighted by molar-refractivity contribution is 9.10. The molecule has 0 bridgehead atoms. The Kier molecular flexibility index (Phi) is 4.85. The normalized spacial score (nSPS) is 10.2. The molecule has 1 N–H and O–H groups in total. The molecule has 0 amide bonds. The summed E-state index contributed by atoms with van der Waals surface area (Å²) in [5, 5.41) is 8.93. The fraction of sp³-hybridized carbons (Fsp3) is 0.188. The highest BCUT2D eigenvalue weighted by atomic mass is 79.9. The molecule has 0 aliphatic heterocycles. The minimum Gasteiger partial charge on any atom is -0.489 e. The Morgan fingerprint density at radius 3 is 2.62 bits per heavy atom. The Labute approximate surface area is 132 Å². The molecule has 110 valence electrons. The number of anilines is 1. The molecule has 2 rings (SSSR count). The lowest BCUT2D eigenvalue weighted by atomic mass is 10.1. The predicted molar refractivity (Wildman–Crippen MR) is 86.2 cm³/mol. The van der Waals surface area contributed by atoms with Crippen molar-refractivity contribution in [2.24, 2.45) is 0 Å². The number of hydrogen-bond donors (Lipinski definition) is 1. The summed E-state index contributed by atoms with van der Waals surface area (Å²) in [6.45, 7) is 0.372. The first-order valence-corrected chi connectivity index (χ1v) is 7.18. The van der Waals surface area contributed by atoms with Crippen LogP contribution in [0.4, 0.5) is 5.69 Å². The molecule has 0 saturated carbocycles. The minimum absolute atomic E-state index is 0.250. The third-order valence-electron chi connectivity index (χ3n) is 3.03. The van der Waals surface area contributed by atoms with Crippen molar-refractivity contribution >= 4 is 27.6 Å². The summed E-state index contributed by atoms with van der Waals surface area (Å²) in [6.07, 6.45) is 0. The van der Waals surface area contributed by atoms with Gasteiger partial charge in [0.1, 0.15) is 12.4 Å². The number of halogens is 1. The quantitative estimate of drug-likeness (QED) is 0.891. The van der Waals surface area contributed by atoms with Crippen LogP contribution in [-0.2, 0) is 6.61 Å². The van der Waals surface area contributed by atoms with Gasteiger partial charge in [-0.25, -0.2) is 4.79 Å². The number of rotatable bonds is 5. The van der Waals surface area contributed by atoms with Crippen molar-refractivity contribution < 1.29 is 14.6 Å². The summed E-state index contributed by atoms with van der Waals surface area (Å²) < 4.78 is 6.49. The average molecular weight is 350 g/mol. The van der Waals surface area contributed by atoms with Gasteiger partial charge in [0.05, 0.1) is 5.56 Å². The molecule has 0 heterocycles. The van der Waals surface area contributed by atoms with Crippen molar-refractivity contribution in [3.8, 4) is 5.75 Å². The first-order chi connectivity index (χ1) is 9.97. The van der Waals surface area contributed by atoms with Crippen LogP contribution in [0, 0.1) is 0 Å².